The number of amides is 1. The Balaban J connectivity index is 1.81. The van der Waals surface area contributed by atoms with Crippen LogP contribution >= 0.6 is 0 Å². The molecule has 1 aliphatic heterocycles. The van der Waals surface area contributed by atoms with Crippen molar-refractivity contribution in [3.05, 3.63) is 54.3 Å². The number of hydrogen-bond donors (Lipinski definition) is 0. The van der Waals surface area contributed by atoms with E-state index in [-0.39, 0.29) is 16.6 Å². The lowest BCUT2D eigenvalue weighted by Crippen LogP contribution is -2.23. The number of benzene rings is 2. The lowest BCUT2D eigenvalue weighted by molar-refractivity contribution is -0.117. The van der Waals surface area contributed by atoms with E-state index < -0.39 is 15.9 Å². The largest absolute Gasteiger partial charge is 0.379 e. The molecule has 2 aromatic rings. The number of carbonyl (C=O) groups is 1. The van der Waals surface area contributed by atoms with Gasteiger partial charge in [-0.3, -0.25) is 4.79 Å². The summed E-state index contributed by atoms with van der Waals surface area (Å²) in [4.78, 5) is 13.2. The number of halogens is 1. The third-order valence-electron chi connectivity index (χ3n) is 3.51. The molecule has 1 aliphatic rings. The second-order valence-corrected chi connectivity index (χ2v) is 6.68. The molecule has 0 aromatic heterocycles. The van der Waals surface area contributed by atoms with Crippen LogP contribution in [0.2, 0.25) is 0 Å². The maximum Gasteiger partial charge on any atom is 0.339 e. The van der Waals surface area contributed by atoms with Gasteiger partial charge in [0.25, 0.3) is 0 Å². The zero-order valence-electron chi connectivity index (χ0n) is 12.1. The molecular weight excluding hydrogens is 321 g/mol. The molecule has 7 heteroatoms. The van der Waals surface area contributed by atoms with Crippen molar-refractivity contribution in [1.29, 1.82) is 0 Å². The van der Waals surface area contributed by atoms with Gasteiger partial charge in [0, 0.05) is 24.7 Å². The van der Waals surface area contributed by atoms with Gasteiger partial charge in [-0.2, -0.15) is 8.42 Å². The molecule has 0 bridgehead atoms. The summed E-state index contributed by atoms with van der Waals surface area (Å²) in [6.07, 6.45) is 1.30. The maximum atomic E-state index is 13.1. The minimum absolute atomic E-state index is 0.0246. The molecule has 1 heterocycles. The van der Waals surface area contributed by atoms with Crippen LogP contribution in [0.3, 0.4) is 0 Å². The minimum atomic E-state index is -4.05. The van der Waals surface area contributed by atoms with Gasteiger partial charge >= 0.3 is 10.1 Å². The van der Waals surface area contributed by atoms with Crippen LogP contribution in [0.4, 0.5) is 10.1 Å². The Morgan fingerprint density at radius 2 is 1.83 bits per heavy atom. The summed E-state index contributed by atoms with van der Waals surface area (Å²) in [7, 11) is -4.05. The summed E-state index contributed by atoms with van der Waals surface area (Å²) in [5.74, 6) is -0.652. The van der Waals surface area contributed by atoms with Gasteiger partial charge in [-0.15, -0.1) is 0 Å². The van der Waals surface area contributed by atoms with Crippen LogP contribution < -0.4 is 9.08 Å². The van der Waals surface area contributed by atoms with Crippen molar-refractivity contribution < 1.29 is 21.8 Å². The van der Waals surface area contributed by atoms with E-state index in [1.54, 1.807) is 17.0 Å². The van der Waals surface area contributed by atoms with E-state index >= 15 is 0 Å². The quantitative estimate of drug-likeness (QED) is 0.806. The standard InChI is InChI=1S/C16H14FNO4S/c17-12-3-1-4-14(11-12)22-23(20,21)15-8-6-13(7-9-15)18-10-2-5-16(18)19/h1,3-4,6-9,11H,2,5,10H2. The SMILES string of the molecule is O=C1CCCN1c1ccc(S(=O)(=O)Oc2cccc(F)c2)cc1. The first-order chi connectivity index (χ1) is 11.0. The van der Waals surface area contributed by atoms with E-state index in [1.165, 1.54) is 30.3 Å². The van der Waals surface area contributed by atoms with Crippen LogP contribution in [-0.4, -0.2) is 20.9 Å². The fourth-order valence-corrected chi connectivity index (χ4v) is 3.33. The minimum Gasteiger partial charge on any atom is -0.379 e. The lowest BCUT2D eigenvalue weighted by atomic mass is 10.3. The highest BCUT2D eigenvalue weighted by molar-refractivity contribution is 7.87. The topological polar surface area (TPSA) is 63.7 Å². The second-order valence-electron chi connectivity index (χ2n) is 5.14. The van der Waals surface area contributed by atoms with Gasteiger partial charge in [0.05, 0.1) is 0 Å². The zero-order valence-corrected chi connectivity index (χ0v) is 12.9. The van der Waals surface area contributed by atoms with Gasteiger partial charge in [0.15, 0.2) is 0 Å². The van der Waals surface area contributed by atoms with Crippen LogP contribution in [0, 0.1) is 5.82 Å². The van der Waals surface area contributed by atoms with Crippen LogP contribution in [0.25, 0.3) is 0 Å². The van der Waals surface area contributed by atoms with Crippen LogP contribution in [0.15, 0.2) is 53.4 Å². The summed E-state index contributed by atoms with van der Waals surface area (Å²) < 4.78 is 42.4. The number of anilines is 1. The summed E-state index contributed by atoms with van der Waals surface area (Å²) in [5.41, 5.74) is 0.650. The van der Waals surface area contributed by atoms with Crippen molar-refractivity contribution in [2.75, 3.05) is 11.4 Å². The first-order valence-electron chi connectivity index (χ1n) is 7.06. The molecule has 23 heavy (non-hydrogen) atoms. The average Bonchev–Trinajstić information content (AvgIpc) is 2.93. The Kier molecular flexibility index (Phi) is 4.04. The lowest BCUT2D eigenvalue weighted by Gasteiger charge is -2.16. The molecule has 0 spiro atoms. The average molecular weight is 335 g/mol. The highest BCUT2D eigenvalue weighted by Crippen LogP contribution is 2.24. The van der Waals surface area contributed by atoms with E-state index in [2.05, 4.69) is 0 Å². The van der Waals surface area contributed by atoms with Crippen LogP contribution in [0.5, 0.6) is 5.75 Å². The number of rotatable bonds is 4. The van der Waals surface area contributed by atoms with Gasteiger partial charge in [-0.1, -0.05) is 6.07 Å². The molecule has 2 aromatic carbocycles. The third kappa shape index (κ3) is 3.34. The normalized spacial score (nSPS) is 15.0. The molecule has 0 radical (unpaired) electrons. The summed E-state index contributed by atoms with van der Waals surface area (Å²) in [5, 5.41) is 0. The molecule has 120 valence electrons. The number of hydrogen-bond acceptors (Lipinski definition) is 4. The first kappa shape index (κ1) is 15.5. The van der Waals surface area contributed by atoms with Crippen molar-refractivity contribution in [2.45, 2.75) is 17.7 Å². The van der Waals surface area contributed by atoms with E-state index in [0.717, 1.165) is 12.5 Å². The Hall–Kier alpha value is -2.41. The molecule has 0 N–H and O–H groups in total. The molecule has 5 nitrogen and oxygen atoms in total. The molecule has 3 rings (SSSR count). The molecular formula is C16H14FNO4S. The van der Waals surface area contributed by atoms with Crippen molar-refractivity contribution in [2.24, 2.45) is 0 Å². The summed E-state index contributed by atoms with van der Waals surface area (Å²) >= 11 is 0. The van der Waals surface area contributed by atoms with Crippen molar-refractivity contribution in [1.82, 2.24) is 0 Å². The Morgan fingerprint density at radius 1 is 1.09 bits per heavy atom. The first-order valence-corrected chi connectivity index (χ1v) is 8.47. The van der Waals surface area contributed by atoms with Crippen LogP contribution in [0.1, 0.15) is 12.8 Å². The molecule has 1 fully saturated rings. The van der Waals surface area contributed by atoms with E-state index in [9.17, 15) is 17.6 Å². The highest BCUT2D eigenvalue weighted by Gasteiger charge is 2.23. The maximum absolute atomic E-state index is 13.1. The molecule has 1 amide bonds. The van der Waals surface area contributed by atoms with Gasteiger partial charge < -0.3 is 9.08 Å². The Morgan fingerprint density at radius 3 is 2.43 bits per heavy atom. The number of nitrogens with zero attached hydrogens (tertiary/aromatic N) is 1. The van der Waals surface area contributed by atoms with Crippen molar-refractivity contribution in [3.8, 4) is 5.75 Å². The molecule has 0 unspecified atom stereocenters. The molecule has 0 aliphatic carbocycles. The Labute approximate surface area is 133 Å². The number of carbonyl (C=O) groups excluding carboxylic acids is 1. The van der Waals surface area contributed by atoms with Gasteiger partial charge in [-0.05, 0) is 42.8 Å². The fraction of sp³-hybridized carbons (Fsp3) is 0.188. The zero-order chi connectivity index (χ0) is 16.4. The second kappa shape index (κ2) is 6.00. The van der Waals surface area contributed by atoms with Crippen molar-refractivity contribution >= 4 is 21.7 Å². The van der Waals surface area contributed by atoms with Gasteiger partial charge in [-0.25, -0.2) is 4.39 Å². The monoisotopic (exact) mass is 335 g/mol. The van der Waals surface area contributed by atoms with E-state index in [1.807, 2.05) is 0 Å². The van der Waals surface area contributed by atoms with Gasteiger partial charge in [0.2, 0.25) is 5.91 Å². The fourth-order valence-electron chi connectivity index (χ4n) is 2.41. The van der Waals surface area contributed by atoms with Crippen molar-refractivity contribution in [3.63, 3.8) is 0 Å². The van der Waals surface area contributed by atoms with Gasteiger partial charge in [0.1, 0.15) is 16.5 Å². The predicted octanol–water partition coefficient (Wildman–Crippen LogP) is 2.72. The molecule has 1 saturated heterocycles. The van der Waals surface area contributed by atoms with E-state index in [4.69, 9.17) is 4.18 Å². The Bertz CT molecular complexity index is 833. The van der Waals surface area contributed by atoms with E-state index in [0.29, 0.717) is 18.7 Å². The van der Waals surface area contributed by atoms with Crippen LogP contribution in [-0.2, 0) is 14.9 Å². The molecule has 0 saturated carbocycles. The molecule has 0 atom stereocenters. The summed E-state index contributed by atoms with van der Waals surface area (Å²) in [6, 6.07) is 10.8. The smallest absolute Gasteiger partial charge is 0.339 e. The highest BCUT2D eigenvalue weighted by atomic mass is 32.2. The predicted molar refractivity (Wildman–Crippen MR) is 82.2 cm³/mol. The summed E-state index contributed by atoms with van der Waals surface area (Å²) in [6.45, 7) is 0.630. The third-order valence-corrected chi connectivity index (χ3v) is 4.77.